The van der Waals surface area contributed by atoms with Crippen molar-refractivity contribution in [2.45, 2.75) is 19.8 Å². The van der Waals surface area contributed by atoms with E-state index in [-0.39, 0.29) is 5.78 Å². The zero-order chi connectivity index (χ0) is 14.4. The lowest BCUT2D eigenvalue weighted by atomic mass is 10.0. The van der Waals surface area contributed by atoms with Crippen LogP contribution in [0.4, 0.5) is 5.69 Å². The molecule has 0 atom stereocenters. The molecule has 0 radical (unpaired) electrons. The van der Waals surface area contributed by atoms with Gasteiger partial charge in [0.1, 0.15) is 5.75 Å². The number of ether oxygens (including phenoxy) is 1. The molecule has 3 heteroatoms. The molecule has 0 fully saturated rings. The molecule has 2 aromatic carbocycles. The van der Waals surface area contributed by atoms with E-state index in [1.165, 1.54) is 0 Å². The van der Waals surface area contributed by atoms with Gasteiger partial charge in [-0.25, -0.2) is 0 Å². The van der Waals surface area contributed by atoms with Crippen molar-refractivity contribution in [3.8, 4) is 5.75 Å². The van der Waals surface area contributed by atoms with Crippen molar-refractivity contribution in [1.29, 1.82) is 0 Å². The fourth-order valence-electron chi connectivity index (χ4n) is 2.02. The monoisotopic (exact) mass is 269 g/mol. The quantitative estimate of drug-likeness (QED) is 0.645. The molecule has 0 aliphatic carbocycles. The summed E-state index contributed by atoms with van der Waals surface area (Å²) < 4.78 is 5.62. The van der Waals surface area contributed by atoms with Gasteiger partial charge in [-0.15, -0.1) is 0 Å². The highest BCUT2D eigenvalue weighted by Gasteiger charge is 2.12. The first kappa shape index (κ1) is 14.1. The van der Waals surface area contributed by atoms with E-state index < -0.39 is 0 Å². The minimum absolute atomic E-state index is 0.0438. The fourth-order valence-corrected chi connectivity index (χ4v) is 2.02. The van der Waals surface area contributed by atoms with E-state index in [4.69, 9.17) is 10.5 Å². The molecular weight excluding hydrogens is 250 g/mol. The maximum absolute atomic E-state index is 12.4. The molecule has 0 aliphatic heterocycles. The molecule has 2 N–H and O–H groups in total. The van der Waals surface area contributed by atoms with Crippen LogP contribution in [0.1, 0.15) is 29.3 Å². The number of hydrogen-bond donors (Lipinski definition) is 1. The van der Waals surface area contributed by atoms with Crippen LogP contribution in [0.15, 0.2) is 48.5 Å². The Morgan fingerprint density at radius 3 is 2.70 bits per heavy atom. The summed E-state index contributed by atoms with van der Waals surface area (Å²) in [5, 5.41) is 0. The molecule has 0 unspecified atom stereocenters. The van der Waals surface area contributed by atoms with Gasteiger partial charge in [-0.3, -0.25) is 4.79 Å². The van der Waals surface area contributed by atoms with E-state index in [1.807, 2.05) is 49.4 Å². The lowest BCUT2D eigenvalue weighted by molar-refractivity contribution is 0.0989. The maximum Gasteiger partial charge on any atom is 0.170 e. The van der Waals surface area contributed by atoms with Crippen molar-refractivity contribution in [1.82, 2.24) is 0 Å². The lowest BCUT2D eigenvalue weighted by Crippen LogP contribution is -2.07. The van der Waals surface area contributed by atoms with E-state index in [2.05, 4.69) is 0 Å². The summed E-state index contributed by atoms with van der Waals surface area (Å²) in [6.07, 6.45) is 1.25. The molecule has 0 spiro atoms. The number of Topliss-reactive ketones (excluding diaryl/α,β-unsaturated/α-hetero) is 1. The number of anilines is 1. The topological polar surface area (TPSA) is 52.3 Å². The first-order valence-electron chi connectivity index (χ1n) is 6.80. The van der Waals surface area contributed by atoms with Crippen LogP contribution in [0.3, 0.4) is 0 Å². The van der Waals surface area contributed by atoms with Gasteiger partial charge in [-0.05, 0) is 36.2 Å². The van der Waals surface area contributed by atoms with Gasteiger partial charge >= 0.3 is 0 Å². The number of nitrogens with two attached hydrogens (primary N) is 1. The van der Waals surface area contributed by atoms with Crippen molar-refractivity contribution < 1.29 is 9.53 Å². The van der Waals surface area contributed by atoms with Crippen molar-refractivity contribution >= 4 is 11.5 Å². The number of rotatable bonds is 6. The zero-order valence-corrected chi connectivity index (χ0v) is 11.6. The highest BCUT2D eigenvalue weighted by atomic mass is 16.5. The molecular formula is C17H19NO2. The summed E-state index contributed by atoms with van der Waals surface area (Å²) >= 11 is 0. The number of nitrogen functional groups attached to an aromatic ring is 1. The SMILES string of the molecule is CCCOc1ccccc1C(=O)Cc1cccc(N)c1. The summed E-state index contributed by atoms with van der Waals surface area (Å²) in [6.45, 7) is 2.65. The molecule has 0 aromatic heterocycles. The zero-order valence-electron chi connectivity index (χ0n) is 11.6. The average Bonchev–Trinajstić information content (AvgIpc) is 2.45. The van der Waals surface area contributed by atoms with Crippen molar-refractivity contribution in [3.63, 3.8) is 0 Å². The van der Waals surface area contributed by atoms with Gasteiger partial charge in [0.15, 0.2) is 5.78 Å². The maximum atomic E-state index is 12.4. The first-order valence-corrected chi connectivity index (χ1v) is 6.80. The Bertz CT molecular complexity index is 593. The van der Waals surface area contributed by atoms with Crippen molar-refractivity contribution in [2.24, 2.45) is 0 Å². The normalized spacial score (nSPS) is 10.2. The Morgan fingerprint density at radius 2 is 1.95 bits per heavy atom. The number of carbonyl (C=O) groups excluding carboxylic acids is 1. The Kier molecular flexibility index (Phi) is 4.77. The molecule has 0 amide bonds. The molecule has 0 saturated heterocycles. The van der Waals surface area contributed by atoms with Crippen LogP contribution in [0.25, 0.3) is 0 Å². The third-order valence-corrected chi connectivity index (χ3v) is 2.96. The molecule has 0 saturated carbocycles. The van der Waals surface area contributed by atoms with E-state index in [1.54, 1.807) is 6.07 Å². The van der Waals surface area contributed by atoms with Gasteiger partial charge < -0.3 is 10.5 Å². The third kappa shape index (κ3) is 3.60. The van der Waals surface area contributed by atoms with E-state index in [0.29, 0.717) is 30.0 Å². The molecule has 0 aliphatic rings. The van der Waals surface area contributed by atoms with Crippen LogP contribution >= 0.6 is 0 Å². The van der Waals surface area contributed by atoms with E-state index >= 15 is 0 Å². The van der Waals surface area contributed by atoms with Crippen LogP contribution < -0.4 is 10.5 Å². The molecule has 2 rings (SSSR count). The smallest absolute Gasteiger partial charge is 0.170 e. The number of para-hydroxylation sites is 1. The van der Waals surface area contributed by atoms with Gasteiger partial charge in [0.2, 0.25) is 0 Å². The van der Waals surface area contributed by atoms with Crippen LogP contribution in [0.5, 0.6) is 5.75 Å². The Balaban J connectivity index is 2.16. The van der Waals surface area contributed by atoms with Gasteiger partial charge in [-0.1, -0.05) is 31.2 Å². The summed E-state index contributed by atoms with van der Waals surface area (Å²) in [5.41, 5.74) is 7.95. The second-order valence-electron chi connectivity index (χ2n) is 4.69. The number of carbonyl (C=O) groups is 1. The molecule has 2 aromatic rings. The minimum Gasteiger partial charge on any atom is -0.493 e. The molecule has 0 bridgehead atoms. The van der Waals surface area contributed by atoms with Crippen LogP contribution in [-0.2, 0) is 6.42 Å². The van der Waals surface area contributed by atoms with Crippen molar-refractivity contribution in [2.75, 3.05) is 12.3 Å². The van der Waals surface area contributed by atoms with E-state index in [0.717, 1.165) is 12.0 Å². The highest BCUT2D eigenvalue weighted by Crippen LogP contribution is 2.20. The third-order valence-electron chi connectivity index (χ3n) is 2.96. The minimum atomic E-state index is 0.0438. The number of benzene rings is 2. The summed E-state index contributed by atoms with van der Waals surface area (Å²) in [5.74, 6) is 0.700. The first-order chi connectivity index (χ1) is 9.70. The molecule has 104 valence electrons. The fraction of sp³-hybridized carbons (Fsp3) is 0.235. The van der Waals surface area contributed by atoms with Crippen LogP contribution in [0, 0.1) is 0 Å². The van der Waals surface area contributed by atoms with Gasteiger partial charge in [0.25, 0.3) is 0 Å². The highest BCUT2D eigenvalue weighted by molar-refractivity contribution is 6.00. The van der Waals surface area contributed by atoms with Gasteiger partial charge in [0.05, 0.1) is 12.2 Å². The second kappa shape index (κ2) is 6.75. The Hall–Kier alpha value is -2.29. The lowest BCUT2D eigenvalue weighted by Gasteiger charge is -2.10. The molecule has 3 nitrogen and oxygen atoms in total. The second-order valence-corrected chi connectivity index (χ2v) is 4.69. The number of hydrogen-bond acceptors (Lipinski definition) is 3. The Morgan fingerprint density at radius 1 is 1.15 bits per heavy atom. The van der Waals surface area contributed by atoms with Crippen molar-refractivity contribution in [3.05, 3.63) is 59.7 Å². The number of ketones is 1. The van der Waals surface area contributed by atoms with Crippen LogP contribution in [0.2, 0.25) is 0 Å². The molecule has 0 heterocycles. The van der Waals surface area contributed by atoms with Crippen LogP contribution in [-0.4, -0.2) is 12.4 Å². The largest absolute Gasteiger partial charge is 0.493 e. The summed E-state index contributed by atoms with van der Waals surface area (Å²) in [4.78, 5) is 12.4. The molecule has 20 heavy (non-hydrogen) atoms. The Labute approximate surface area is 119 Å². The summed E-state index contributed by atoms with van der Waals surface area (Å²) in [7, 11) is 0. The van der Waals surface area contributed by atoms with Gasteiger partial charge in [-0.2, -0.15) is 0 Å². The predicted molar refractivity (Wildman–Crippen MR) is 81.1 cm³/mol. The predicted octanol–water partition coefficient (Wildman–Crippen LogP) is 3.48. The average molecular weight is 269 g/mol. The van der Waals surface area contributed by atoms with E-state index in [9.17, 15) is 4.79 Å². The summed E-state index contributed by atoms with van der Waals surface area (Å²) in [6, 6.07) is 14.8. The standard InChI is InChI=1S/C17H19NO2/c1-2-10-20-17-9-4-3-8-15(17)16(19)12-13-6-5-7-14(18)11-13/h3-9,11H,2,10,12,18H2,1H3. The van der Waals surface area contributed by atoms with Gasteiger partial charge in [0, 0.05) is 12.1 Å².